The first kappa shape index (κ1) is 19.7. The Kier molecular flexibility index (Phi) is 4.95. The average molecular weight is 421 g/mol. The van der Waals surface area contributed by atoms with Gasteiger partial charge in [-0.15, -0.1) is 10.2 Å². The van der Waals surface area contributed by atoms with Crippen molar-refractivity contribution in [2.45, 2.75) is 50.9 Å². The molecule has 10 heteroatoms. The van der Waals surface area contributed by atoms with Gasteiger partial charge in [0.1, 0.15) is 5.66 Å². The van der Waals surface area contributed by atoms with Crippen LogP contribution in [0.5, 0.6) is 0 Å². The number of hydrogen-bond acceptors (Lipinski definition) is 8. The van der Waals surface area contributed by atoms with Gasteiger partial charge in [-0.05, 0) is 68.2 Å². The van der Waals surface area contributed by atoms with E-state index in [9.17, 15) is 0 Å². The molecule has 0 bridgehead atoms. The molecule has 162 valence electrons. The van der Waals surface area contributed by atoms with Crippen molar-refractivity contribution in [3.63, 3.8) is 0 Å². The Hall–Kier alpha value is -3.24. The number of benzene rings is 1. The summed E-state index contributed by atoms with van der Waals surface area (Å²) in [4.78, 5) is 6.07. The van der Waals surface area contributed by atoms with Gasteiger partial charge in [-0.25, -0.2) is 9.66 Å². The van der Waals surface area contributed by atoms with E-state index < -0.39 is 5.66 Å². The van der Waals surface area contributed by atoms with Crippen LogP contribution in [-0.2, 0) is 6.54 Å². The number of nitrogens with one attached hydrogen (secondary N) is 2. The lowest BCUT2D eigenvalue weighted by Crippen LogP contribution is -2.58. The van der Waals surface area contributed by atoms with E-state index >= 15 is 0 Å². The minimum absolute atomic E-state index is 0.278. The highest BCUT2D eigenvalue weighted by Gasteiger charge is 2.39. The summed E-state index contributed by atoms with van der Waals surface area (Å²) in [5.41, 5.74) is 18.5. The number of anilines is 1. The van der Waals surface area contributed by atoms with E-state index in [2.05, 4.69) is 37.2 Å². The van der Waals surface area contributed by atoms with Gasteiger partial charge in [-0.3, -0.25) is 0 Å². The van der Waals surface area contributed by atoms with Crippen LogP contribution in [0.3, 0.4) is 0 Å². The molecule has 1 saturated carbocycles. The number of aryl methyl sites for hydroxylation is 1. The highest BCUT2D eigenvalue weighted by molar-refractivity contribution is 5.77. The van der Waals surface area contributed by atoms with E-state index in [0.29, 0.717) is 18.3 Å². The van der Waals surface area contributed by atoms with E-state index in [-0.39, 0.29) is 6.04 Å². The first-order chi connectivity index (χ1) is 15.0. The van der Waals surface area contributed by atoms with Crippen LogP contribution >= 0.6 is 0 Å². The van der Waals surface area contributed by atoms with Gasteiger partial charge in [0, 0.05) is 35.6 Å². The van der Waals surface area contributed by atoms with E-state index in [4.69, 9.17) is 11.5 Å². The number of hydrogen-bond donors (Lipinski definition) is 4. The van der Waals surface area contributed by atoms with Gasteiger partial charge in [-0.1, -0.05) is 0 Å². The molecule has 3 aromatic rings. The Morgan fingerprint density at radius 2 is 1.97 bits per heavy atom. The highest BCUT2D eigenvalue weighted by atomic mass is 15.6. The first-order valence-corrected chi connectivity index (χ1v) is 10.8. The number of nitrogens with two attached hydrogens (primary N) is 2. The number of nitrogens with zero attached hydrogens (tertiary/aromatic N) is 6. The molecule has 1 aromatic carbocycles. The molecule has 31 heavy (non-hydrogen) atoms. The lowest BCUT2D eigenvalue weighted by Gasteiger charge is -2.42. The fourth-order valence-electron chi connectivity index (χ4n) is 4.39. The molecule has 1 aliphatic heterocycles. The molecule has 10 nitrogen and oxygen atoms in total. The van der Waals surface area contributed by atoms with Gasteiger partial charge in [0.05, 0.1) is 12.2 Å². The Morgan fingerprint density at radius 1 is 1.19 bits per heavy atom. The smallest absolute Gasteiger partial charge is 0.204 e. The minimum atomic E-state index is -0.668. The Balaban J connectivity index is 1.39. The molecule has 0 radical (unpaired) electrons. The van der Waals surface area contributed by atoms with Gasteiger partial charge < -0.3 is 22.2 Å². The van der Waals surface area contributed by atoms with Crippen molar-refractivity contribution >= 4 is 11.4 Å². The number of rotatable bonds is 5. The molecule has 1 aliphatic carbocycles. The summed E-state index contributed by atoms with van der Waals surface area (Å²) in [6.45, 7) is 2.67. The minimum Gasteiger partial charge on any atom is -0.353 e. The predicted octanol–water partition coefficient (Wildman–Crippen LogP) is 1.74. The van der Waals surface area contributed by atoms with Crippen LogP contribution in [0.25, 0.3) is 17.1 Å². The number of fused-ring (bicyclic) bond motifs is 1. The molecule has 2 aliphatic rings. The summed E-state index contributed by atoms with van der Waals surface area (Å²) in [7, 11) is 0. The van der Waals surface area contributed by atoms with Gasteiger partial charge in [0.15, 0.2) is 5.82 Å². The molecule has 2 aromatic heterocycles. The standard InChI is InChI=1S/C21H28N10/c1-2-31-27-19(26-29-31)14-3-9-17(10-4-14)25-18-13-21(23,15-5-7-16(22)8-6-15)28-30-12-11-24-20(18)30/h3-4,9-13,15-16,25,28H,2,5-8,22-23H2,1H3. The summed E-state index contributed by atoms with van der Waals surface area (Å²) in [5.74, 6) is 1.71. The maximum Gasteiger partial charge on any atom is 0.204 e. The molecule has 1 atom stereocenters. The lowest BCUT2D eigenvalue weighted by molar-refractivity contribution is 0.239. The zero-order chi connectivity index (χ0) is 21.4. The zero-order valence-corrected chi connectivity index (χ0v) is 17.6. The van der Waals surface area contributed by atoms with Crippen molar-refractivity contribution in [1.29, 1.82) is 0 Å². The average Bonchev–Trinajstić information content (AvgIpc) is 3.44. The van der Waals surface area contributed by atoms with Crippen LogP contribution in [0.1, 0.15) is 38.4 Å². The van der Waals surface area contributed by atoms with E-state index in [0.717, 1.165) is 48.5 Å². The second-order valence-electron chi connectivity index (χ2n) is 8.34. The molecule has 1 fully saturated rings. The summed E-state index contributed by atoms with van der Waals surface area (Å²) in [6.07, 6.45) is 9.72. The van der Waals surface area contributed by atoms with Crippen molar-refractivity contribution < 1.29 is 0 Å². The molecule has 0 spiro atoms. The van der Waals surface area contributed by atoms with Gasteiger partial charge >= 0.3 is 0 Å². The van der Waals surface area contributed by atoms with Crippen molar-refractivity contribution in [3.05, 3.63) is 48.6 Å². The maximum absolute atomic E-state index is 6.87. The summed E-state index contributed by atoms with van der Waals surface area (Å²) >= 11 is 0. The number of imidazole rings is 1. The van der Waals surface area contributed by atoms with Crippen molar-refractivity contribution in [2.24, 2.45) is 17.4 Å². The molecule has 6 N–H and O–H groups in total. The van der Waals surface area contributed by atoms with Gasteiger partial charge in [0.25, 0.3) is 0 Å². The van der Waals surface area contributed by atoms with E-state index in [1.807, 2.05) is 42.1 Å². The summed E-state index contributed by atoms with van der Waals surface area (Å²) < 4.78 is 1.90. The summed E-state index contributed by atoms with van der Waals surface area (Å²) in [6, 6.07) is 8.23. The molecular weight excluding hydrogens is 392 g/mol. The topological polar surface area (TPSA) is 138 Å². The van der Waals surface area contributed by atoms with E-state index in [1.165, 1.54) is 0 Å². The quantitative estimate of drug-likeness (QED) is 0.490. The first-order valence-electron chi connectivity index (χ1n) is 10.8. The SMILES string of the molecule is CCn1nnc(-c2ccc(NC3=CC(N)(C4CCC(N)CC4)Nn4ccnc43)cc2)n1. The Morgan fingerprint density at radius 3 is 2.68 bits per heavy atom. The van der Waals surface area contributed by atoms with Crippen LogP contribution in [0.15, 0.2) is 42.7 Å². The van der Waals surface area contributed by atoms with Crippen LogP contribution < -0.4 is 22.2 Å². The van der Waals surface area contributed by atoms with Crippen molar-refractivity contribution in [1.82, 2.24) is 29.9 Å². The van der Waals surface area contributed by atoms with Gasteiger partial charge in [-0.2, -0.15) is 4.80 Å². The predicted molar refractivity (Wildman–Crippen MR) is 119 cm³/mol. The second-order valence-corrected chi connectivity index (χ2v) is 8.34. The fourth-order valence-corrected chi connectivity index (χ4v) is 4.39. The Labute approximate surface area is 180 Å². The largest absolute Gasteiger partial charge is 0.353 e. The molecule has 0 saturated heterocycles. The normalized spacial score (nSPS) is 25.5. The molecule has 3 heterocycles. The van der Waals surface area contributed by atoms with Crippen molar-refractivity contribution in [3.8, 4) is 11.4 Å². The third-order valence-electron chi connectivity index (χ3n) is 6.18. The molecular formula is C21H28N10. The number of tetrazole rings is 1. The third-order valence-corrected chi connectivity index (χ3v) is 6.18. The number of aromatic nitrogens is 6. The monoisotopic (exact) mass is 420 g/mol. The van der Waals surface area contributed by atoms with Crippen molar-refractivity contribution in [2.75, 3.05) is 10.7 Å². The van der Waals surface area contributed by atoms with Crippen LogP contribution in [0, 0.1) is 5.92 Å². The van der Waals surface area contributed by atoms with Crippen LogP contribution in [0.2, 0.25) is 0 Å². The second kappa shape index (κ2) is 7.78. The van der Waals surface area contributed by atoms with Crippen LogP contribution in [0.4, 0.5) is 5.69 Å². The van der Waals surface area contributed by atoms with Gasteiger partial charge in [0.2, 0.25) is 5.82 Å². The summed E-state index contributed by atoms with van der Waals surface area (Å²) in [5, 5.41) is 16.0. The van der Waals surface area contributed by atoms with E-state index in [1.54, 1.807) is 11.0 Å². The molecule has 1 unspecified atom stereocenters. The maximum atomic E-state index is 6.87. The molecule has 5 rings (SSSR count). The third kappa shape index (κ3) is 3.79. The van der Waals surface area contributed by atoms with Crippen LogP contribution in [-0.4, -0.2) is 41.6 Å². The fraction of sp³-hybridized carbons (Fsp3) is 0.429. The zero-order valence-electron chi connectivity index (χ0n) is 17.6. The highest BCUT2D eigenvalue weighted by Crippen LogP contribution is 2.35. The Bertz CT molecular complexity index is 1070. The molecule has 0 amide bonds. The lowest BCUT2D eigenvalue weighted by atomic mass is 9.78.